The molecule has 0 aromatic heterocycles. The van der Waals surface area contributed by atoms with Crippen LogP contribution in [-0.2, 0) is 14.3 Å². The molecular formula is C28H36N2O5. The Balaban J connectivity index is 1.59. The lowest BCUT2D eigenvalue weighted by molar-refractivity contribution is -0.138. The van der Waals surface area contributed by atoms with Gasteiger partial charge in [-0.1, -0.05) is 76.2 Å². The lowest BCUT2D eigenvalue weighted by Crippen LogP contribution is -2.50. The van der Waals surface area contributed by atoms with Crippen molar-refractivity contribution in [2.24, 2.45) is 17.8 Å². The normalized spacial score (nSPS) is 14.2. The highest BCUT2D eigenvalue weighted by Crippen LogP contribution is 2.44. The smallest absolute Gasteiger partial charge is 0.407 e. The number of fused-ring (bicyclic) bond motifs is 3. The van der Waals surface area contributed by atoms with Gasteiger partial charge >= 0.3 is 12.1 Å². The number of amides is 2. The summed E-state index contributed by atoms with van der Waals surface area (Å²) in [5.74, 6) is -1.31. The summed E-state index contributed by atoms with van der Waals surface area (Å²) in [7, 11) is 0. The Morgan fingerprint density at radius 1 is 0.943 bits per heavy atom. The molecule has 0 saturated carbocycles. The van der Waals surface area contributed by atoms with Crippen LogP contribution in [0.15, 0.2) is 48.5 Å². The van der Waals surface area contributed by atoms with E-state index >= 15 is 0 Å². The fourth-order valence-corrected chi connectivity index (χ4v) is 4.81. The number of alkyl carbamates (subject to hydrolysis) is 1. The third-order valence-corrected chi connectivity index (χ3v) is 6.40. The zero-order chi connectivity index (χ0) is 25.5. The van der Waals surface area contributed by atoms with E-state index in [0.29, 0.717) is 12.3 Å². The van der Waals surface area contributed by atoms with E-state index in [2.05, 4.69) is 34.9 Å². The molecule has 2 amide bonds. The molecule has 1 aliphatic rings. The molecule has 0 spiro atoms. The first-order valence-electron chi connectivity index (χ1n) is 12.3. The highest BCUT2D eigenvalue weighted by atomic mass is 16.5. The molecule has 188 valence electrons. The van der Waals surface area contributed by atoms with Crippen LogP contribution in [0.2, 0.25) is 0 Å². The molecular weight excluding hydrogens is 444 g/mol. The summed E-state index contributed by atoms with van der Waals surface area (Å²) in [5.41, 5.74) is 4.53. The number of carboxylic acids is 1. The predicted molar refractivity (Wildman–Crippen MR) is 135 cm³/mol. The van der Waals surface area contributed by atoms with Crippen molar-refractivity contribution < 1.29 is 24.2 Å². The van der Waals surface area contributed by atoms with E-state index in [4.69, 9.17) is 9.84 Å². The molecule has 0 radical (unpaired) electrons. The number of rotatable bonds is 11. The highest BCUT2D eigenvalue weighted by molar-refractivity contribution is 5.86. The van der Waals surface area contributed by atoms with Gasteiger partial charge in [-0.05, 0) is 46.4 Å². The zero-order valence-electron chi connectivity index (χ0n) is 20.9. The number of hydrogen-bond acceptors (Lipinski definition) is 4. The molecule has 3 N–H and O–H groups in total. The van der Waals surface area contributed by atoms with Crippen molar-refractivity contribution >= 4 is 18.0 Å². The van der Waals surface area contributed by atoms with Gasteiger partial charge in [-0.2, -0.15) is 0 Å². The summed E-state index contributed by atoms with van der Waals surface area (Å²) in [5, 5.41) is 14.7. The third-order valence-electron chi connectivity index (χ3n) is 6.40. The fraction of sp³-hybridized carbons (Fsp3) is 0.464. The van der Waals surface area contributed by atoms with Gasteiger partial charge in [0.15, 0.2) is 0 Å². The van der Waals surface area contributed by atoms with Crippen molar-refractivity contribution in [2.45, 2.75) is 52.5 Å². The highest BCUT2D eigenvalue weighted by Gasteiger charge is 2.30. The van der Waals surface area contributed by atoms with Gasteiger partial charge in [-0.3, -0.25) is 9.59 Å². The van der Waals surface area contributed by atoms with Crippen LogP contribution in [-0.4, -0.2) is 42.3 Å². The van der Waals surface area contributed by atoms with E-state index in [1.54, 1.807) is 0 Å². The van der Waals surface area contributed by atoms with Gasteiger partial charge in [0, 0.05) is 18.9 Å². The predicted octanol–water partition coefficient (Wildman–Crippen LogP) is 4.80. The number of aliphatic carboxylic acids is 1. The van der Waals surface area contributed by atoms with Crippen molar-refractivity contribution in [3.05, 3.63) is 59.7 Å². The first kappa shape index (κ1) is 26.3. The van der Waals surface area contributed by atoms with E-state index in [0.717, 1.165) is 22.3 Å². The Morgan fingerprint density at radius 2 is 1.51 bits per heavy atom. The van der Waals surface area contributed by atoms with E-state index in [9.17, 15) is 14.4 Å². The molecule has 0 heterocycles. The molecule has 7 heteroatoms. The minimum absolute atomic E-state index is 0.00931. The van der Waals surface area contributed by atoms with Gasteiger partial charge < -0.3 is 20.5 Å². The number of hydrogen-bond donors (Lipinski definition) is 3. The first-order valence-corrected chi connectivity index (χ1v) is 12.3. The standard InChI is InChI=1S/C28H36N2O5/c1-17(2)13-19(14-25(31)32)15-29-27(33)26(18(3)4)30-28(34)35-16-24-22-11-7-5-9-20(22)21-10-6-8-12-23(21)24/h5-12,17-19,24,26H,13-16H2,1-4H3,(H,29,33)(H,30,34)(H,31,32)/t19-,26?/m0/s1. The van der Waals surface area contributed by atoms with E-state index < -0.39 is 18.1 Å². The lowest BCUT2D eigenvalue weighted by Gasteiger charge is -2.24. The van der Waals surface area contributed by atoms with Crippen LogP contribution in [0.4, 0.5) is 4.79 Å². The van der Waals surface area contributed by atoms with Gasteiger partial charge in [-0.15, -0.1) is 0 Å². The summed E-state index contributed by atoms with van der Waals surface area (Å²) >= 11 is 0. The van der Waals surface area contributed by atoms with Crippen molar-refractivity contribution in [2.75, 3.05) is 13.2 Å². The van der Waals surface area contributed by atoms with E-state index in [1.807, 2.05) is 52.0 Å². The fourth-order valence-electron chi connectivity index (χ4n) is 4.81. The molecule has 1 unspecified atom stereocenters. The van der Waals surface area contributed by atoms with Gasteiger partial charge in [0.1, 0.15) is 12.6 Å². The number of carbonyl (C=O) groups excluding carboxylic acids is 2. The molecule has 2 aromatic rings. The van der Waals surface area contributed by atoms with Crippen LogP contribution in [0.25, 0.3) is 11.1 Å². The second-order valence-electron chi connectivity index (χ2n) is 10.0. The number of ether oxygens (including phenoxy) is 1. The van der Waals surface area contributed by atoms with Crippen LogP contribution in [0.3, 0.4) is 0 Å². The average Bonchev–Trinajstić information content (AvgIpc) is 3.12. The summed E-state index contributed by atoms with van der Waals surface area (Å²) in [6.45, 7) is 8.15. The summed E-state index contributed by atoms with van der Waals surface area (Å²) in [6, 6.07) is 15.4. The van der Waals surface area contributed by atoms with Crippen molar-refractivity contribution in [1.29, 1.82) is 0 Å². The summed E-state index contributed by atoms with van der Waals surface area (Å²) < 4.78 is 5.59. The topological polar surface area (TPSA) is 105 Å². The van der Waals surface area contributed by atoms with Crippen LogP contribution in [0.1, 0.15) is 57.6 Å². The van der Waals surface area contributed by atoms with Crippen LogP contribution >= 0.6 is 0 Å². The molecule has 2 aromatic carbocycles. The Morgan fingerprint density at radius 3 is 2.03 bits per heavy atom. The molecule has 0 aliphatic heterocycles. The first-order chi connectivity index (χ1) is 16.7. The third kappa shape index (κ3) is 6.84. The van der Waals surface area contributed by atoms with Gasteiger partial charge in [0.2, 0.25) is 5.91 Å². The van der Waals surface area contributed by atoms with Gasteiger partial charge in [0.25, 0.3) is 0 Å². The largest absolute Gasteiger partial charge is 0.481 e. The molecule has 0 saturated heterocycles. The van der Waals surface area contributed by atoms with Crippen LogP contribution in [0.5, 0.6) is 0 Å². The van der Waals surface area contributed by atoms with Crippen molar-refractivity contribution in [1.82, 2.24) is 10.6 Å². The molecule has 2 atom stereocenters. The maximum atomic E-state index is 12.9. The van der Waals surface area contributed by atoms with Gasteiger partial charge in [0.05, 0.1) is 0 Å². The number of benzene rings is 2. The minimum atomic E-state index is -0.887. The Labute approximate surface area is 207 Å². The number of carboxylic acid groups (broad SMARTS) is 1. The lowest BCUT2D eigenvalue weighted by atomic mass is 9.94. The molecule has 35 heavy (non-hydrogen) atoms. The maximum absolute atomic E-state index is 12.9. The molecule has 0 bridgehead atoms. The molecule has 1 aliphatic carbocycles. The zero-order valence-corrected chi connectivity index (χ0v) is 20.9. The monoisotopic (exact) mass is 480 g/mol. The summed E-state index contributed by atoms with van der Waals surface area (Å²) in [4.78, 5) is 36.7. The van der Waals surface area contributed by atoms with Gasteiger partial charge in [-0.25, -0.2) is 4.79 Å². The average molecular weight is 481 g/mol. The summed E-state index contributed by atoms with van der Waals surface area (Å²) in [6.07, 6.45) is 0.0357. The van der Waals surface area contributed by atoms with Crippen molar-refractivity contribution in [3.63, 3.8) is 0 Å². The Kier molecular flexibility index (Phi) is 8.90. The number of nitrogens with one attached hydrogen (secondary N) is 2. The number of carbonyl (C=O) groups is 3. The Bertz CT molecular complexity index is 1000. The van der Waals surface area contributed by atoms with Crippen LogP contribution < -0.4 is 10.6 Å². The second kappa shape index (κ2) is 11.9. The minimum Gasteiger partial charge on any atom is -0.481 e. The van der Waals surface area contributed by atoms with Crippen molar-refractivity contribution in [3.8, 4) is 11.1 Å². The molecule has 7 nitrogen and oxygen atoms in total. The molecule has 0 fully saturated rings. The SMILES string of the molecule is CC(C)C[C@H](CNC(=O)C(NC(=O)OCC1c2ccccc2-c2ccccc21)C(C)C)CC(=O)O. The maximum Gasteiger partial charge on any atom is 0.407 e. The Hall–Kier alpha value is -3.35. The second-order valence-corrected chi connectivity index (χ2v) is 10.0. The van der Waals surface area contributed by atoms with Crippen LogP contribution in [0, 0.1) is 17.8 Å². The van der Waals surface area contributed by atoms with E-state index in [-0.39, 0.29) is 43.2 Å². The molecule has 3 rings (SSSR count). The van der Waals surface area contributed by atoms with E-state index in [1.165, 1.54) is 0 Å². The quantitative estimate of drug-likeness (QED) is 0.428.